The first kappa shape index (κ1) is 12.4. The summed E-state index contributed by atoms with van der Waals surface area (Å²) in [6.07, 6.45) is 2.36. The van der Waals surface area contributed by atoms with Gasteiger partial charge in [0.15, 0.2) is 0 Å². The molecular weight excluding hydrogens is 245 g/mol. The van der Waals surface area contributed by atoms with Crippen LogP contribution in [0, 0.1) is 5.82 Å². The number of anilines is 1. The van der Waals surface area contributed by atoms with Crippen molar-refractivity contribution in [3.05, 3.63) is 29.6 Å². The van der Waals surface area contributed by atoms with Crippen molar-refractivity contribution in [2.75, 3.05) is 31.9 Å². The van der Waals surface area contributed by atoms with E-state index in [0.717, 1.165) is 26.1 Å². The standard InChI is InChI=1S/C14H18FN3O/c15-11-6-10(7-12(16)8-11)14(19)18-5-4-17-3-1-2-13(17)9-18/h6-8,13H,1-5,9,16H2. The van der Waals surface area contributed by atoms with Crippen LogP contribution >= 0.6 is 0 Å². The number of benzene rings is 1. The van der Waals surface area contributed by atoms with Crippen molar-refractivity contribution < 1.29 is 9.18 Å². The van der Waals surface area contributed by atoms with Crippen molar-refractivity contribution >= 4 is 11.6 Å². The third-order valence-electron chi connectivity index (χ3n) is 4.04. The Bertz CT molecular complexity index is 485. The highest BCUT2D eigenvalue weighted by molar-refractivity contribution is 5.95. The molecule has 1 amide bonds. The van der Waals surface area contributed by atoms with E-state index in [1.165, 1.54) is 18.6 Å². The smallest absolute Gasteiger partial charge is 0.254 e. The molecule has 2 N–H and O–H groups in total. The molecule has 2 aliphatic rings. The Labute approximate surface area is 112 Å². The maximum Gasteiger partial charge on any atom is 0.254 e. The highest BCUT2D eigenvalue weighted by Crippen LogP contribution is 2.23. The van der Waals surface area contributed by atoms with Gasteiger partial charge in [-0.25, -0.2) is 4.39 Å². The summed E-state index contributed by atoms with van der Waals surface area (Å²) in [6, 6.07) is 4.52. The Kier molecular flexibility index (Phi) is 3.14. The lowest BCUT2D eigenvalue weighted by Crippen LogP contribution is -2.52. The molecule has 0 saturated carbocycles. The summed E-state index contributed by atoms with van der Waals surface area (Å²) >= 11 is 0. The number of nitrogens with zero attached hydrogens (tertiary/aromatic N) is 2. The number of piperazine rings is 1. The Morgan fingerprint density at radius 2 is 2.11 bits per heavy atom. The Morgan fingerprint density at radius 3 is 2.89 bits per heavy atom. The van der Waals surface area contributed by atoms with Crippen molar-refractivity contribution in [2.24, 2.45) is 0 Å². The summed E-state index contributed by atoms with van der Waals surface area (Å²) in [6.45, 7) is 3.52. The third kappa shape index (κ3) is 2.42. The highest BCUT2D eigenvalue weighted by atomic mass is 19.1. The lowest BCUT2D eigenvalue weighted by Gasteiger charge is -2.37. The lowest BCUT2D eigenvalue weighted by atomic mass is 10.1. The first-order valence-corrected chi connectivity index (χ1v) is 6.73. The van der Waals surface area contributed by atoms with Crippen LogP contribution in [-0.2, 0) is 0 Å². The largest absolute Gasteiger partial charge is 0.399 e. The number of halogens is 1. The maximum atomic E-state index is 13.3. The number of amides is 1. The molecule has 0 aliphatic carbocycles. The number of carbonyl (C=O) groups excluding carboxylic acids is 1. The van der Waals surface area contributed by atoms with Gasteiger partial charge in [0.25, 0.3) is 5.91 Å². The van der Waals surface area contributed by atoms with Crippen LogP contribution in [0.3, 0.4) is 0 Å². The SMILES string of the molecule is Nc1cc(F)cc(C(=O)N2CCN3CCCC3C2)c1. The van der Waals surface area contributed by atoms with E-state index in [9.17, 15) is 9.18 Å². The van der Waals surface area contributed by atoms with Gasteiger partial charge < -0.3 is 10.6 Å². The molecule has 1 unspecified atom stereocenters. The topological polar surface area (TPSA) is 49.6 Å². The molecule has 3 rings (SSSR count). The average Bonchev–Trinajstić information content (AvgIpc) is 2.83. The number of nitrogen functional groups attached to an aromatic ring is 1. The molecular formula is C14H18FN3O. The van der Waals surface area contributed by atoms with Gasteiger partial charge in [-0.15, -0.1) is 0 Å². The van der Waals surface area contributed by atoms with Gasteiger partial charge in [-0.05, 0) is 37.6 Å². The molecule has 2 fully saturated rings. The van der Waals surface area contributed by atoms with Crippen LogP contribution in [0.2, 0.25) is 0 Å². The first-order valence-electron chi connectivity index (χ1n) is 6.73. The van der Waals surface area contributed by atoms with E-state index >= 15 is 0 Å². The van der Waals surface area contributed by atoms with Gasteiger partial charge in [-0.2, -0.15) is 0 Å². The predicted octanol–water partition coefficient (Wildman–Crippen LogP) is 1.33. The van der Waals surface area contributed by atoms with E-state index in [1.54, 1.807) is 6.07 Å². The first-order chi connectivity index (χ1) is 9.13. The van der Waals surface area contributed by atoms with Gasteiger partial charge in [-0.1, -0.05) is 0 Å². The fourth-order valence-electron chi connectivity index (χ4n) is 3.09. The van der Waals surface area contributed by atoms with Crippen molar-refractivity contribution in [2.45, 2.75) is 18.9 Å². The van der Waals surface area contributed by atoms with E-state index < -0.39 is 5.82 Å². The number of hydrogen-bond donors (Lipinski definition) is 1. The third-order valence-corrected chi connectivity index (χ3v) is 4.04. The number of hydrogen-bond acceptors (Lipinski definition) is 3. The molecule has 2 heterocycles. The summed E-state index contributed by atoms with van der Waals surface area (Å²) in [5.74, 6) is -0.569. The van der Waals surface area contributed by atoms with Crippen LogP contribution in [0.15, 0.2) is 18.2 Å². The molecule has 5 heteroatoms. The Balaban J connectivity index is 1.76. The van der Waals surface area contributed by atoms with Crippen molar-refractivity contribution in [3.63, 3.8) is 0 Å². The molecule has 0 aromatic heterocycles. The molecule has 1 aromatic carbocycles. The monoisotopic (exact) mass is 263 g/mol. The molecule has 19 heavy (non-hydrogen) atoms. The van der Waals surface area contributed by atoms with Crippen LogP contribution in [0.1, 0.15) is 23.2 Å². The minimum atomic E-state index is -0.456. The molecule has 4 nitrogen and oxygen atoms in total. The van der Waals surface area contributed by atoms with E-state index in [4.69, 9.17) is 5.73 Å². The average molecular weight is 263 g/mol. The van der Waals surface area contributed by atoms with E-state index in [1.807, 2.05) is 4.90 Å². The van der Waals surface area contributed by atoms with Crippen LogP contribution < -0.4 is 5.73 Å². The Morgan fingerprint density at radius 1 is 1.26 bits per heavy atom. The van der Waals surface area contributed by atoms with Gasteiger partial charge >= 0.3 is 0 Å². The minimum Gasteiger partial charge on any atom is -0.399 e. The van der Waals surface area contributed by atoms with Gasteiger partial charge in [0.2, 0.25) is 0 Å². The fourth-order valence-corrected chi connectivity index (χ4v) is 3.09. The second kappa shape index (κ2) is 4.81. The molecule has 1 atom stereocenters. The summed E-state index contributed by atoms with van der Waals surface area (Å²) in [5, 5.41) is 0. The highest BCUT2D eigenvalue weighted by Gasteiger charge is 2.32. The zero-order valence-corrected chi connectivity index (χ0v) is 10.8. The van der Waals surface area contributed by atoms with Crippen LogP contribution in [0.5, 0.6) is 0 Å². The minimum absolute atomic E-state index is 0.113. The van der Waals surface area contributed by atoms with Gasteiger partial charge in [-0.3, -0.25) is 9.69 Å². The summed E-state index contributed by atoms with van der Waals surface area (Å²) in [4.78, 5) is 16.6. The zero-order chi connectivity index (χ0) is 13.4. The predicted molar refractivity (Wildman–Crippen MR) is 71.3 cm³/mol. The zero-order valence-electron chi connectivity index (χ0n) is 10.8. The molecule has 0 radical (unpaired) electrons. The number of carbonyl (C=O) groups is 1. The van der Waals surface area contributed by atoms with Gasteiger partial charge in [0.1, 0.15) is 5.82 Å². The van der Waals surface area contributed by atoms with Gasteiger partial charge in [0, 0.05) is 36.9 Å². The van der Waals surface area contributed by atoms with Crippen molar-refractivity contribution in [1.82, 2.24) is 9.80 Å². The summed E-state index contributed by atoms with van der Waals surface area (Å²) in [7, 11) is 0. The van der Waals surface area contributed by atoms with E-state index in [-0.39, 0.29) is 5.91 Å². The van der Waals surface area contributed by atoms with E-state index in [2.05, 4.69) is 4.90 Å². The van der Waals surface area contributed by atoms with Crippen molar-refractivity contribution in [3.8, 4) is 0 Å². The second-order valence-corrected chi connectivity index (χ2v) is 5.36. The van der Waals surface area contributed by atoms with Crippen LogP contribution in [0.4, 0.5) is 10.1 Å². The molecule has 0 spiro atoms. The Hall–Kier alpha value is -1.62. The number of fused-ring (bicyclic) bond motifs is 1. The van der Waals surface area contributed by atoms with Crippen molar-refractivity contribution in [1.29, 1.82) is 0 Å². The molecule has 1 aromatic rings. The van der Waals surface area contributed by atoms with Crippen LogP contribution in [-0.4, -0.2) is 47.9 Å². The fraction of sp³-hybridized carbons (Fsp3) is 0.500. The second-order valence-electron chi connectivity index (χ2n) is 5.36. The molecule has 2 saturated heterocycles. The number of nitrogens with two attached hydrogens (primary N) is 1. The summed E-state index contributed by atoms with van der Waals surface area (Å²) < 4.78 is 13.3. The van der Waals surface area contributed by atoms with E-state index in [0.29, 0.717) is 23.8 Å². The molecule has 0 bridgehead atoms. The normalized spacial score (nSPS) is 23.4. The quantitative estimate of drug-likeness (QED) is 0.778. The maximum absolute atomic E-state index is 13.3. The molecule has 102 valence electrons. The molecule has 2 aliphatic heterocycles. The van der Waals surface area contributed by atoms with Crippen LogP contribution in [0.25, 0.3) is 0 Å². The summed E-state index contributed by atoms with van der Waals surface area (Å²) in [5.41, 5.74) is 6.24. The number of rotatable bonds is 1. The van der Waals surface area contributed by atoms with Gasteiger partial charge in [0.05, 0.1) is 0 Å². The lowest BCUT2D eigenvalue weighted by molar-refractivity contribution is 0.0571.